The highest BCUT2D eigenvalue weighted by atomic mass is 35.5. The number of benzene rings is 1. The van der Waals surface area contributed by atoms with E-state index < -0.39 is 23.6 Å². The summed E-state index contributed by atoms with van der Waals surface area (Å²) < 4.78 is 39.1. The summed E-state index contributed by atoms with van der Waals surface area (Å²) in [5.74, 6) is -1.82. The first-order valence-electron chi connectivity index (χ1n) is 6.60. The van der Waals surface area contributed by atoms with Crippen LogP contribution < -0.4 is 5.32 Å². The Bertz CT molecular complexity index is 774. The molecule has 0 aliphatic carbocycles. The van der Waals surface area contributed by atoms with Gasteiger partial charge >= 0.3 is 12.1 Å². The second-order valence-corrected chi connectivity index (χ2v) is 5.14. The minimum atomic E-state index is -4.56. The number of nitrogens with one attached hydrogen (secondary N) is 1. The monoisotopic (exact) mass is 361 g/mol. The molecule has 0 unspecified atom stereocenters. The van der Waals surface area contributed by atoms with Gasteiger partial charge in [0.05, 0.1) is 22.8 Å². The smallest absolute Gasteiger partial charge is 0.416 e. The quantitative estimate of drug-likeness (QED) is 0.856. The highest BCUT2D eigenvalue weighted by molar-refractivity contribution is 6.33. The van der Waals surface area contributed by atoms with Crippen LogP contribution in [0.15, 0.2) is 30.5 Å². The third-order valence-electron chi connectivity index (χ3n) is 3.05. The summed E-state index contributed by atoms with van der Waals surface area (Å²) in [4.78, 5) is 22.8. The minimum absolute atomic E-state index is 0.0401. The fourth-order valence-corrected chi connectivity index (χ4v) is 2.07. The molecule has 24 heavy (non-hydrogen) atoms. The number of aromatic carboxylic acids is 1. The van der Waals surface area contributed by atoms with E-state index in [1.807, 2.05) is 0 Å². The number of rotatable bonds is 5. The van der Waals surface area contributed by atoms with Crippen molar-refractivity contribution in [3.8, 4) is 0 Å². The van der Waals surface area contributed by atoms with Crippen LogP contribution in [-0.4, -0.2) is 26.8 Å². The highest BCUT2D eigenvalue weighted by Crippen LogP contribution is 2.33. The summed E-state index contributed by atoms with van der Waals surface area (Å²) in [5.41, 5.74) is -1.21. The fraction of sp³-hybridized carbons (Fsp3) is 0.214. The molecule has 0 fully saturated rings. The lowest BCUT2D eigenvalue weighted by Gasteiger charge is -2.12. The van der Waals surface area contributed by atoms with E-state index in [2.05, 4.69) is 10.4 Å². The van der Waals surface area contributed by atoms with Crippen molar-refractivity contribution in [1.82, 2.24) is 9.78 Å². The Kier molecular flexibility index (Phi) is 5.13. The molecule has 2 rings (SSSR count). The van der Waals surface area contributed by atoms with Crippen LogP contribution in [0.1, 0.15) is 22.5 Å². The van der Waals surface area contributed by atoms with Gasteiger partial charge in [-0.1, -0.05) is 11.6 Å². The van der Waals surface area contributed by atoms with Crippen LogP contribution in [0, 0.1) is 0 Å². The van der Waals surface area contributed by atoms with Crippen molar-refractivity contribution in [2.75, 3.05) is 5.32 Å². The van der Waals surface area contributed by atoms with Gasteiger partial charge in [-0.05, 0) is 24.3 Å². The zero-order valence-corrected chi connectivity index (χ0v) is 12.7. The highest BCUT2D eigenvalue weighted by Gasteiger charge is 2.31. The number of carbonyl (C=O) groups excluding carboxylic acids is 1. The van der Waals surface area contributed by atoms with E-state index in [0.717, 1.165) is 22.9 Å². The number of carbonyl (C=O) groups is 2. The Morgan fingerprint density at radius 1 is 1.29 bits per heavy atom. The van der Waals surface area contributed by atoms with Crippen molar-refractivity contribution in [2.45, 2.75) is 19.1 Å². The van der Waals surface area contributed by atoms with Crippen molar-refractivity contribution in [3.05, 3.63) is 46.7 Å². The van der Waals surface area contributed by atoms with Crippen LogP contribution in [0.2, 0.25) is 5.02 Å². The zero-order valence-electron chi connectivity index (χ0n) is 12.0. The number of carboxylic acids is 1. The van der Waals surface area contributed by atoms with Crippen molar-refractivity contribution < 1.29 is 27.9 Å². The van der Waals surface area contributed by atoms with E-state index in [1.165, 1.54) is 12.3 Å². The number of anilines is 1. The predicted molar refractivity (Wildman–Crippen MR) is 78.9 cm³/mol. The Morgan fingerprint density at radius 3 is 2.62 bits per heavy atom. The Hall–Kier alpha value is -2.55. The van der Waals surface area contributed by atoms with Crippen LogP contribution in [0.25, 0.3) is 0 Å². The van der Waals surface area contributed by atoms with Gasteiger partial charge in [0, 0.05) is 12.6 Å². The predicted octanol–water partition coefficient (Wildman–Crippen LogP) is 3.28. The summed E-state index contributed by atoms with van der Waals surface area (Å²) in [5, 5.41) is 14.9. The van der Waals surface area contributed by atoms with Crippen molar-refractivity contribution >= 4 is 29.2 Å². The Labute approximate surface area is 138 Å². The van der Waals surface area contributed by atoms with Crippen molar-refractivity contribution in [2.24, 2.45) is 0 Å². The summed E-state index contributed by atoms with van der Waals surface area (Å²) in [6.07, 6.45) is -3.48. The first-order chi connectivity index (χ1) is 11.2. The Balaban J connectivity index is 2.05. The van der Waals surface area contributed by atoms with Gasteiger partial charge in [0.1, 0.15) is 5.69 Å². The van der Waals surface area contributed by atoms with Gasteiger partial charge in [-0.2, -0.15) is 18.3 Å². The molecule has 1 heterocycles. The molecular weight excluding hydrogens is 351 g/mol. The van der Waals surface area contributed by atoms with Gasteiger partial charge in [-0.3, -0.25) is 9.48 Å². The van der Waals surface area contributed by atoms with Crippen LogP contribution in [0.5, 0.6) is 0 Å². The maximum Gasteiger partial charge on any atom is 0.416 e. The third-order valence-corrected chi connectivity index (χ3v) is 3.38. The normalized spacial score (nSPS) is 11.3. The molecular formula is C14H11ClF3N3O3. The van der Waals surface area contributed by atoms with Gasteiger partial charge in [0.2, 0.25) is 5.91 Å². The first kappa shape index (κ1) is 17.8. The summed E-state index contributed by atoms with van der Waals surface area (Å²) >= 11 is 5.78. The van der Waals surface area contributed by atoms with Gasteiger partial charge in [-0.25, -0.2) is 4.79 Å². The second kappa shape index (κ2) is 6.91. The number of hydrogen-bond acceptors (Lipinski definition) is 3. The van der Waals surface area contributed by atoms with Crippen LogP contribution in [0.4, 0.5) is 18.9 Å². The number of hydrogen-bond donors (Lipinski definition) is 2. The number of aromatic nitrogens is 2. The van der Waals surface area contributed by atoms with Crippen molar-refractivity contribution in [1.29, 1.82) is 0 Å². The lowest BCUT2D eigenvalue weighted by molar-refractivity contribution is -0.137. The molecule has 0 radical (unpaired) electrons. The van der Waals surface area contributed by atoms with Crippen LogP contribution >= 0.6 is 11.6 Å². The van der Waals surface area contributed by atoms with Crippen LogP contribution in [0.3, 0.4) is 0 Å². The van der Waals surface area contributed by atoms with Gasteiger partial charge < -0.3 is 10.4 Å². The average molecular weight is 362 g/mol. The molecule has 0 aliphatic heterocycles. The minimum Gasteiger partial charge on any atom is -0.477 e. The third kappa shape index (κ3) is 4.25. The average Bonchev–Trinajstić information content (AvgIpc) is 2.95. The summed E-state index contributed by atoms with van der Waals surface area (Å²) in [7, 11) is 0. The summed E-state index contributed by atoms with van der Waals surface area (Å²) in [6, 6.07) is 3.84. The maximum absolute atomic E-state index is 12.7. The van der Waals surface area contributed by atoms with E-state index in [1.54, 1.807) is 0 Å². The van der Waals surface area contributed by atoms with Gasteiger partial charge in [0.15, 0.2) is 0 Å². The van der Waals surface area contributed by atoms with Crippen LogP contribution in [-0.2, 0) is 17.5 Å². The number of carboxylic acid groups (broad SMARTS) is 1. The number of amides is 1. The maximum atomic E-state index is 12.7. The molecule has 1 amide bonds. The topological polar surface area (TPSA) is 84.2 Å². The molecule has 0 spiro atoms. The molecule has 128 valence electrons. The van der Waals surface area contributed by atoms with Crippen molar-refractivity contribution in [3.63, 3.8) is 0 Å². The molecule has 0 aliphatic rings. The Morgan fingerprint density at radius 2 is 2.00 bits per heavy atom. The van der Waals surface area contributed by atoms with E-state index >= 15 is 0 Å². The van der Waals surface area contributed by atoms with E-state index in [9.17, 15) is 22.8 Å². The largest absolute Gasteiger partial charge is 0.477 e. The van der Waals surface area contributed by atoms with E-state index in [4.69, 9.17) is 16.7 Å². The fourth-order valence-electron chi connectivity index (χ4n) is 1.91. The lowest BCUT2D eigenvalue weighted by Crippen LogP contribution is -2.18. The molecule has 6 nitrogen and oxygen atoms in total. The number of nitrogens with zero attached hydrogens (tertiary/aromatic N) is 2. The molecule has 2 N–H and O–H groups in total. The van der Waals surface area contributed by atoms with Gasteiger partial charge in [0.25, 0.3) is 0 Å². The molecule has 0 saturated heterocycles. The molecule has 0 saturated carbocycles. The van der Waals surface area contributed by atoms with E-state index in [-0.39, 0.29) is 29.4 Å². The zero-order chi connectivity index (χ0) is 17.9. The molecule has 1 aromatic carbocycles. The molecule has 10 heteroatoms. The molecule has 0 bridgehead atoms. The number of alkyl halides is 3. The lowest BCUT2D eigenvalue weighted by atomic mass is 10.2. The van der Waals surface area contributed by atoms with E-state index in [0.29, 0.717) is 0 Å². The molecule has 1 aromatic heterocycles. The molecule has 2 aromatic rings. The standard InChI is InChI=1S/C14H11ClF3N3O3/c15-9-2-1-8(14(16,17)18)7-10(9)20-12(22)4-6-21-11(13(23)24)3-5-19-21/h1-3,5,7H,4,6H2,(H,20,22)(H,23,24). The first-order valence-corrected chi connectivity index (χ1v) is 6.98. The summed E-state index contributed by atoms with van der Waals surface area (Å²) in [6.45, 7) is -0.0446. The second-order valence-electron chi connectivity index (χ2n) is 4.74. The number of halogens is 4. The van der Waals surface area contributed by atoms with Gasteiger partial charge in [-0.15, -0.1) is 0 Å². The molecule has 0 atom stereocenters. The SMILES string of the molecule is O=C(CCn1nccc1C(=O)O)Nc1cc(C(F)(F)F)ccc1Cl. The number of aryl methyl sites for hydroxylation is 1.